The van der Waals surface area contributed by atoms with Gasteiger partial charge in [-0.15, -0.1) is 0 Å². The Morgan fingerprint density at radius 1 is 1.26 bits per heavy atom. The molecule has 0 aliphatic heterocycles. The second kappa shape index (κ2) is 6.27. The zero-order chi connectivity index (χ0) is 13.8. The van der Waals surface area contributed by atoms with Crippen LogP contribution in [0.25, 0.3) is 0 Å². The first kappa shape index (κ1) is 14.2. The second-order valence-electron chi connectivity index (χ2n) is 4.48. The summed E-state index contributed by atoms with van der Waals surface area (Å²) in [4.78, 5) is 11.8. The summed E-state index contributed by atoms with van der Waals surface area (Å²) in [7, 11) is 0. The number of nitrogens with zero attached hydrogens (tertiary/aromatic N) is 1. The molecule has 0 unspecified atom stereocenters. The Balaban J connectivity index is 2.13. The van der Waals surface area contributed by atoms with E-state index in [9.17, 15) is 4.79 Å². The third kappa shape index (κ3) is 3.62. The summed E-state index contributed by atoms with van der Waals surface area (Å²) >= 11 is 12.0. The van der Waals surface area contributed by atoms with E-state index in [0.717, 1.165) is 17.5 Å². The van der Waals surface area contributed by atoms with Crippen molar-refractivity contribution in [3.8, 4) is 0 Å². The van der Waals surface area contributed by atoms with Crippen LogP contribution in [0.5, 0.6) is 0 Å². The molecule has 0 atom stereocenters. The molecule has 0 fully saturated rings. The third-order valence-electron chi connectivity index (χ3n) is 2.92. The van der Waals surface area contributed by atoms with E-state index in [1.54, 1.807) is 6.07 Å². The van der Waals surface area contributed by atoms with E-state index in [-0.39, 0.29) is 5.78 Å². The Kier molecular flexibility index (Phi) is 4.67. The SMILES string of the molecule is CCCC(=O)c1ccn(Cc2ccc(Cl)cc2Cl)c1. The highest BCUT2D eigenvalue weighted by Crippen LogP contribution is 2.22. The largest absolute Gasteiger partial charge is 0.349 e. The highest BCUT2D eigenvalue weighted by Gasteiger charge is 2.07. The molecule has 1 aromatic carbocycles. The first-order chi connectivity index (χ1) is 9.10. The molecule has 1 heterocycles. The zero-order valence-corrected chi connectivity index (χ0v) is 12.2. The van der Waals surface area contributed by atoms with Gasteiger partial charge < -0.3 is 4.57 Å². The van der Waals surface area contributed by atoms with E-state index >= 15 is 0 Å². The van der Waals surface area contributed by atoms with E-state index in [0.29, 0.717) is 23.0 Å². The van der Waals surface area contributed by atoms with Crippen LogP contribution in [0.2, 0.25) is 10.0 Å². The number of hydrogen-bond acceptors (Lipinski definition) is 1. The number of halogens is 2. The average molecular weight is 296 g/mol. The Morgan fingerprint density at radius 2 is 2.05 bits per heavy atom. The van der Waals surface area contributed by atoms with Gasteiger partial charge in [-0.25, -0.2) is 0 Å². The lowest BCUT2D eigenvalue weighted by Gasteiger charge is -2.06. The Hall–Kier alpha value is -1.25. The fourth-order valence-electron chi connectivity index (χ4n) is 1.92. The van der Waals surface area contributed by atoms with E-state index in [4.69, 9.17) is 23.2 Å². The summed E-state index contributed by atoms with van der Waals surface area (Å²) < 4.78 is 1.96. The van der Waals surface area contributed by atoms with Crippen LogP contribution in [0.15, 0.2) is 36.7 Å². The van der Waals surface area contributed by atoms with Crippen LogP contribution >= 0.6 is 23.2 Å². The predicted octanol–water partition coefficient (Wildman–Crippen LogP) is 4.83. The van der Waals surface area contributed by atoms with Gasteiger partial charge in [0.25, 0.3) is 0 Å². The summed E-state index contributed by atoms with van der Waals surface area (Å²) in [6.45, 7) is 2.64. The minimum atomic E-state index is 0.184. The predicted molar refractivity (Wildman–Crippen MR) is 79.2 cm³/mol. The van der Waals surface area contributed by atoms with Crippen LogP contribution < -0.4 is 0 Å². The van der Waals surface area contributed by atoms with Crippen molar-refractivity contribution < 1.29 is 4.79 Å². The molecule has 2 aromatic rings. The molecule has 2 nitrogen and oxygen atoms in total. The van der Waals surface area contributed by atoms with E-state index in [2.05, 4.69) is 0 Å². The lowest BCUT2D eigenvalue weighted by Crippen LogP contribution is -1.99. The number of hydrogen-bond donors (Lipinski definition) is 0. The van der Waals surface area contributed by atoms with E-state index < -0.39 is 0 Å². The summed E-state index contributed by atoms with van der Waals surface area (Å²) in [5.74, 6) is 0.184. The summed E-state index contributed by atoms with van der Waals surface area (Å²) in [6.07, 6.45) is 5.22. The first-order valence-corrected chi connectivity index (χ1v) is 6.98. The molecule has 0 spiro atoms. The molecule has 0 bridgehead atoms. The van der Waals surface area contributed by atoms with Gasteiger partial charge in [0.2, 0.25) is 0 Å². The van der Waals surface area contributed by atoms with Crippen LogP contribution in [0.3, 0.4) is 0 Å². The maximum absolute atomic E-state index is 11.8. The van der Waals surface area contributed by atoms with Gasteiger partial charge in [-0.1, -0.05) is 36.2 Å². The van der Waals surface area contributed by atoms with Crippen molar-refractivity contribution in [2.75, 3.05) is 0 Å². The molecule has 4 heteroatoms. The van der Waals surface area contributed by atoms with Gasteiger partial charge in [0.1, 0.15) is 0 Å². The minimum absolute atomic E-state index is 0.184. The van der Waals surface area contributed by atoms with E-state index in [1.807, 2.05) is 42.1 Å². The Bertz CT molecular complexity index is 590. The van der Waals surface area contributed by atoms with Gasteiger partial charge in [-0.3, -0.25) is 4.79 Å². The maximum atomic E-state index is 11.8. The van der Waals surface area contributed by atoms with Gasteiger partial charge in [0, 0.05) is 41.0 Å². The number of aromatic nitrogens is 1. The number of carbonyl (C=O) groups excluding carboxylic acids is 1. The molecule has 0 aliphatic carbocycles. The van der Waals surface area contributed by atoms with Crippen molar-refractivity contribution >= 4 is 29.0 Å². The topological polar surface area (TPSA) is 22.0 Å². The Morgan fingerprint density at radius 3 is 2.74 bits per heavy atom. The van der Waals surface area contributed by atoms with Crippen molar-refractivity contribution in [2.45, 2.75) is 26.3 Å². The molecule has 0 amide bonds. The van der Waals surface area contributed by atoms with E-state index in [1.165, 1.54) is 0 Å². The lowest BCUT2D eigenvalue weighted by atomic mass is 10.1. The second-order valence-corrected chi connectivity index (χ2v) is 5.33. The standard InChI is InChI=1S/C15H15Cl2NO/c1-2-3-15(19)12-6-7-18(10-12)9-11-4-5-13(16)8-14(11)17/h4-8,10H,2-3,9H2,1H3. The summed E-state index contributed by atoms with van der Waals surface area (Å²) in [5, 5.41) is 1.27. The fraction of sp³-hybridized carbons (Fsp3) is 0.267. The molecule has 1 aromatic heterocycles. The van der Waals surface area contributed by atoms with Gasteiger partial charge in [-0.2, -0.15) is 0 Å². The smallest absolute Gasteiger partial charge is 0.164 e. The molecule has 2 rings (SSSR count). The molecule has 19 heavy (non-hydrogen) atoms. The lowest BCUT2D eigenvalue weighted by molar-refractivity contribution is 0.0981. The van der Waals surface area contributed by atoms with Crippen molar-refractivity contribution in [1.29, 1.82) is 0 Å². The van der Waals surface area contributed by atoms with Crippen molar-refractivity contribution in [1.82, 2.24) is 4.57 Å². The number of ketones is 1. The van der Waals surface area contributed by atoms with Gasteiger partial charge in [-0.05, 0) is 30.2 Å². The highest BCUT2D eigenvalue weighted by atomic mass is 35.5. The zero-order valence-electron chi connectivity index (χ0n) is 10.7. The molecule has 0 aliphatic rings. The molecule has 0 radical (unpaired) electrons. The van der Waals surface area contributed by atoms with Crippen molar-refractivity contribution in [2.24, 2.45) is 0 Å². The van der Waals surface area contributed by atoms with Gasteiger partial charge >= 0.3 is 0 Å². The van der Waals surface area contributed by atoms with Gasteiger partial charge in [0.05, 0.1) is 0 Å². The molecular weight excluding hydrogens is 281 g/mol. The van der Waals surface area contributed by atoms with Crippen molar-refractivity contribution in [3.05, 3.63) is 57.8 Å². The maximum Gasteiger partial charge on any atom is 0.164 e. The molecule has 0 saturated heterocycles. The number of carbonyl (C=O) groups is 1. The van der Waals surface area contributed by atoms with Crippen LogP contribution in [0.4, 0.5) is 0 Å². The van der Waals surface area contributed by atoms with Crippen molar-refractivity contribution in [3.63, 3.8) is 0 Å². The van der Waals surface area contributed by atoms with Crippen LogP contribution in [-0.2, 0) is 6.54 Å². The molecule has 100 valence electrons. The first-order valence-electron chi connectivity index (χ1n) is 6.23. The highest BCUT2D eigenvalue weighted by molar-refractivity contribution is 6.35. The molecule has 0 saturated carbocycles. The monoisotopic (exact) mass is 295 g/mol. The normalized spacial score (nSPS) is 10.7. The van der Waals surface area contributed by atoms with Crippen LogP contribution in [-0.4, -0.2) is 10.4 Å². The number of rotatable bonds is 5. The number of Topliss-reactive ketones (excluding diaryl/α,β-unsaturated/α-hetero) is 1. The van der Waals surface area contributed by atoms with Crippen LogP contribution in [0.1, 0.15) is 35.7 Å². The third-order valence-corrected chi connectivity index (χ3v) is 3.50. The quantitative estimate of drug-likeness (QED) is 0.725. The summed E-state index contributed by atoms with van der Waals surface area (Å²) in [6, 6.07) is 7.29. The Labute approximate surface area is 123 Å². The van der Waals surface area contributed by atoms with Crippen LogP contribution in [0, 0.1) is 0 Å². The average Bonchev–Trinajstić information content (AvgIpc) is 2.82. The molecule has 0 N–H and O–H groups in total. The minimum Gasteiger partial charge on any atom is -0.349 e. The molecular formula is C15H15Cl2NO. The number of benzene rings is 1. The fourth-order valence-corrected chi connectivity index (χ4v) is 2.39. The summed E-state index contributed by atoms with van der Waals surface area (Å²) in [5.41, 5.74) is 1.74. The van der Waals surface area contributed by atoms with Gasteiger partial charge in [0.15, 0.2) is 5.78 Å².